The normalized spacial score (nSPS) is 11.4. The quantitative estimate of drug-likeness (QED) is 0.388. The second kappa shape index (κ2) is 11.5. The summed E-state index contributed by atoms with van der Waals surface area (Å²) in [4.78, 5) is 23.0. The molecule has 10 heteroatoms. The highest BCUT2D eigenvalue weighted by Gasteiger charge is 2.30. The van der Waals surface area contributed by atoms with Crippen LogP contribution in [0.25, 0.3) is 11.3 Å². The molecule has 1 aromatic carbocycles. The Kier molecular flexibility index (Phi) is 8.50. The minimum Gasteiger partial charge on any atom is -0.396 e. The van der Waals surface area contributed by atoms with Crippen molar-refractivity contribution in [1.29, 1.82) is 0 Å². The highest BCUT2D eigenvalue weighted by atomic mass is 19.4. The molecule has 0 aliphatic rings. The van der Waals surface area contributed by atoms with Crippen LogP contribution >= 0.6 is 0 Å². The number of halogens is 3. The van der Waals surface area contributed by atoms with E-state index in [0.717, 1.165) is 31.4 Å². The topological polar surface area (TPSA) is 89.1 Å². The molecule has 0 aliphatic heterocycles. The molecular weight excluding hydrogens is 445 g/mol. The lowest BCUT2D eigenvalue weighted by Gasteiger charge is -2.24. The molecule has 0 atom stereocenters. The Hall–Kier alpha value is -3.56. The third kappa shape index (κ3) is 6.72. The number of pyridine rings is 1. The minimum absolute atomic E-state index is 0.234. The van der Waals surface area contributed by atoms with Crippen molar-refractivity contribution in [3.05, 3.63) is 60.7 Å². The molecule has 0 radical (unpaired) electrons. The van der Waals surface area contributed by atoms with Gasteiger partial charge in [0.1, 0.15) is 0 Å². The lowest BCUT2D eigenvalue weighted by atomic mass is 10.1. The van der Waals surface area contributed by atoms with E-state index >= 15 is 0 Å². The fourth-order valence-electron chi connectivity index (χ4n) is 3.49. The minimum atomic E-state index is -4.46. The van der Waals surface area contributed by atoms with Crippen LogP contribution in [0.1, 0.15) is 38.2 Å². The molecule has 2 aromatic heterocycles. The molecule has 0 spiro atoms. The van der Waals surface area contributed by atoms with Crippen molar-refractivity contribution in [2.75, 3.05) is 23.7 Å². The Labute approximate surface area is 196 Å². The molecule has 0 saturated carbocycles. The van der Waals surface area contributed by atoms with Crippen molar-refractivity contribution in [3.63, 3.8) is 0 Å². The van der Waals surface area contributed by atoms with Gasteiger partial charge in [-0.2, -0.15) is 13.2 Å². The van der Waals surface area contributed by atoms with Gasteiger partial charge in [0.2, 0.25) is 0 Å². The molecule has 7 nitrogen and oxygen atoms in total. The summed E-state index contributed by atoms with van der Waals surface area (Å²) in [6, 6.07) is 7.72. The third-order valence-electron chi connectivity index (χ3n) is 5.31. The summed E-state index contributed by atoms with van der Waals surface area (Å²) in [7, 11) is 0. The smallest absolute Gasteiger partial charge is 0.396 e. The van der Waals surface area contributed by atoms with Crippen molar-refractivity contribution in [2.45, 2.75) is 45.3 Å². The van der Waals surface area contributed by atoms with Gasteiger partial charge in [0.25, 0.3) is 0 Å². The third-order valence-corrected chi connectivity index (χ3v) is 5.31. The maximum absolute atomic E-state index is 13.2. The summed E-state index contributed by atoms with van der Waals surface area (Å²) < 4.78 is 41.4. The van der Waals surface area contributed by atoms with Gasteiger partial charge in [-0.1, -0.05) is 31.9 Å². The van der Waals surface area contributed by atoms with Crippen LogP contribution in [0.3, 0.4) is 0 Å². The number of benzene rings is 1. The molecule has 0 aliphatic carbocycles. The summed E-state index contributed by atoms with van der Waals surface area (Å²) >= 11 is 0. The van der Waals surface area contributed by atoms with Gasteiger partial charge in [-0.05, 0) is 37.1 Å². The first-order chi connectivity index (χ1) is 16.3. The Morgan fingerprint density at radius 2 is 2.00 bits per heavy atom. The first kappa shape index (κ1) is 25.1. The van der Waals surface area contributed by atoms with E-state index in [-0.39, 0.29) is 17.5 Å². The summed E-state index contributed by atoms with van der Waals surface area (Å²) in [5.74, 6) is 0.234. The molecule has 0 bridgehead atoms. The van der Waals surface area contributed by atoms with E-state index in [1.165, 1.54) is 11.0 Å². The van der Waals surface area contributed by atoms with E-state index in [1.807, 2.05) is 10.8 Å². The van der Waals surface area contributed by atoms with Crippen LogP contribution in [0.5, 0.6) is 0 Å². The standard InChI is InChI=1S/C24H29F3N6O/c1-2-3-4-14-33(23(34)30-11-6-13-32-15-12-29-17-32)22-20(28)9-10-21(31-22)18-7-5-8-19(16-18)24(25,26)27/h5,7-10,12,15-17H,2-4,6,11,13-14,28H2,1H3,(H,30,34). The predicted molar refractivity (Wildman–Crippen MR) is 126 cm³/mol. The molecule has 2 heterocycles. The van der Waals surface area contributed by atoms with E-state index in [1.54, 1.807) is 30.7 Å². The summed E-state index contributed by atoms with van der Waals surface area (Å²) in [5, 5.41) is 2.89. The van der Waals surface area contributed by atoms with Crippen molar-refractivity contribution in [3.8, 4) is 11.3 Å². The zero-order chi connectivity index (χ0) is 24.6. The summed E-state index contributed by atoms with van der Waals surface area (Å²) in [6.07, 6.45) is 4.12. The number of nitrogens with one attached hydrogen (secondary N) is 1. The predicted octanol–water partition coefficient (Wildman–Crippen LogP) is 5.34. The Balaban J connectivity index is 1.80. The molecule has 3 aromatic rings. The van der Waals surface area contributed by atoms with Crippen LogP contribution in [-0.4, -0.2) is 33.7 Å². The van der Waals surface area contributed by atoms with Gasteiger partial charge in [-0.15, -0.1) is 0 Å². The van der Waals surface area contributed by atoms with Crippen LogP contribution in [0.15, 0.2) is 55.1 Å². The molecule has 2 amide bonds. The lowest BCUT2D eigenvalue weighted by molar-refractivity contribution is -0.137. The lowest BCUT2D eigenvalue weighted by Crippen LogP contribution is -2.42. The molecule has 182 valence electrons. The van der Waals surface area contributed by atoms with E-state index in [2.05, 4.69) is 22.2 Å². The van der Waals surface area contributed by atoms with E-state index < -0.39 is 11.7 Å². The molecule has 34 heavy (non-hydrogen) atoms. The van der Waals surface area contributed by atoms with Gasteiger partial charge in [-0.25, -0.2) is 14.8 Å². The van der Waals surface area contributed by atoms with Gasteiger partial charge in [0.05, 0.1) is 23.3 Å². The van der Waals surface area contributed by atoms with Crippen molar-refractivity contribution in [1.82, 2.24) is 19.9 Å². The number of imidazole rings is 1. The van der Waals surface area contributed by atoms with E-state index in [4.69, 9.17) is 5.73 Å². The van der Waals surface area contributed by atoms with Crippen LogP contribution in [0.4, 0.5) is 29.5 Å². The number of alkyl halides is 3. The molecule has 3 N–H and O–H groups in total. The number of hydrogen-bond donors (Lipinski definition) is 2. The number of carbonyl (C=O) groups excluding carboxylic acids is 1. The van der Waals surface area contributed by atoms with Gasteiger partial charge < -0.3 is 15.6 Å². The fourth-order valence-corrected chi connectivity index (χ4v) is 3.49. The maximum Gasteiger partial charge on any atom is 0.416 e. The number of aryl methyl sites for hydroxylation is 1. The molecular formula is C24H29F3N6O. The number of amides is 2. The Bertz CT molecular complexity index is 1070. The zero-order valence-corrected chi connectivity index (χ0v) is 19.1. The number of nitrogen functional groups attached to an aromatic ring is 1. The number of rotatable bonds is 10. The maximum atomic E-state index is 13.2. The summed E-state index contributed by atoms with van der Waals surface area (Å²) in [5.41, 5.74) is 6.27. The number of hydrogen-bond acceptors (Lipinski definition) is 4. The largest absolute Gasteiger partial charge is 0.416 e. The fraction of sp³-hybridized carbons (Fsp3) is 0.375. The van der Waals surface area contributed by atoms with E-state index in [0.29, 0.717) is 37.3 Å². The first-order valence-electron chi connectivity index (χ1n) is 11.2. The molecule has 0 unspecified atom stereocenters. The Morgan fingerprint density at radius 1 is 1.18 bits per heavy atom. The number of urea groups is 1. The Morgan fingerprint density at radius 3 is 2.71 bits per heavy atom. The molecule has 3 rings (SSSR count). The number of unbranched alkanes of at least 4 members (excludes halogenated alkanes) is 2. The number of carbonyl (C=O) groups is 1. The monoisotopic (exact) mass is 474 g/mol. The highest BCUT2D eigenvalue weighted by molar-refractivity contribution is 5.94. The van der Waals surface area contributed by atoms with Gasteiger partial charge in [0.15, 0.2) is 5.82 Å². The summed E-state index contributed by atoms with van der Waals surface area (Å²) in [6.45, 7) is 3.60. The van der Waals surface area contributed by atoms with Crippen LogP contribution in [0.2, 0.25) is 0 Å². The van der Waals surface area contributed by atoms with Crippen molar-refractivity contribution >= 4 is 17.5 Å². The SMILES string of the molecule is CCCCCN(C(=O)NCCCn1ccnc1)c1nc(-c2cccc(C(F)(F)F)c2)ccc1N. The average Bonchev–Trinajstić information content (AvgIpc) is 3.33. The number of nitrogens with zero attached hydrogens (tertiary/aromatic N) is 4. The second-order valence-corrected chi connectivity index (χ2v) is 7.93. The van der Waals surface area contributed by atoms with E-state index in [9.17, 15) is 18.0 Å². The van der Waals surface area contributed by atoms with Gasteiger partial charge >= 0.3 is 12.2 Å². The molecule has 0 fully saturated rings. The van der Waals surface area contributed by atoms with Gasteiger partial charge in [-0.3, -0.25) is 4.90 Å². The number of nitrogens with two attached hydrogens (primary N) is 1. The van der Waals surface area contributed by atoms with Crippen molar-refractivity contribution < 1.29 is 18.0 Å². The average molecular weight is 475 g/mol. The first-order valence-corrected chi connectivity index (χ1v) is 11.2. The highest BCUT2D eigenvalue weighted by Crippen LogP contribution is 2.33. The van der Waals surface area contributed by atoms with Crippen LogP contribution in [0, 0.1) is 0 Å². The van der Waals surface area contributed by atoms with Gasteiger partial charge in [0, 0.05) is 37.6 Å². The zero-order valence-electron chi connectivity index (χ0n) is 19.1. The number of aromatic nitrogens is 3. The van der Waals surface area contributed by atoms with Crippen molar-refractivity contribution in [2.24, 2.45) is 0 Å². The number of anilines is 2. The van der Waals surface area contributed by atoms with Crippen LogP contribution < -0.4 is 16.0 Å². The molecule has 0 saturated heterocycles. The van der Waals surface area contributed by atoms with Crippen LogP contribution in [-0.2, 0) is 12.7 Å². The second-order valence-electron chi connectivity index (χ2n) is 7.93.